The molecule has 1 aromatic heterocycles. The van der Waals surface area contributed by atoms with Crippen molar-refractivity contribution >= 4 is 38.4 Å². The third kappa shape index (κ3) is 2.81. The van der Waals surface area contributed by atoms with Crippen molar-refractivity contribution in [1.82, 2.24) is 4.98 Å². The maximum Gasteiger partial charge on any atom is 0.255 e. The highest BCUT2D eigenvalue weighted by atomic mass is 79.9. The van der Waals surface area contributed by atoms with Crippen molar-refractivity contribution in [1.29, 1.82) is 0 Å². The lowest BCUT2D eigenvalue weighted by atomic mass is 10.1. The van der Waals surface area contributed by atoms with Crippen molar-refractivity contribution in [2.24, 2.45) is 0 Å². The number of aromatic nitrogens is 1. The van der Waals surface area contributed by atoms with Crippen LogP contribution in [0, 0.1) is 6.92 Å². The minimum Gasteiger partial charge on any atom is -0.321 e. The van der Waals surface area contributed by atoms with Crippen LogP contribution in [0.15, 0.2) is 59.2 Å². The molecule has 0 unspecified atom stereocenters. The highest BCUT2D eigenvalue weighted by Gasteiger charge is 2.10. The van der Waals surface area contributed by atoms with Gasteiger partial charge in [-0.3, -0.25) is 9.78 Å². The second-order valence-electron chi connectivity index (χ2n) is 4.80. The lowest BCUT2D eigenvalue weighted by Crippen LogP contribution is -2.12. The molecule has 104 valence electrons. The second-order valence-corrected chi connectivity index (χ2v) is 5.59. The van der Waals surface area contributed by atoms with Crippen LogP contribution in [0.2, 0.25) is 0 Å². The number of nitrogens with zero attached hydrogens (tertiary/aromatic N) is 1. The number of benzene rings is 2. The van der Waals surface area contributed by atoms with Crippen molar-refractivity contribution in [3.05, 3.63) is 70.3 Å². The molecule has 3 rings (SSSR count). The molecule has 2 aromatic carbocycles. The number of hydrogen-bond acceptors (Lipinski definition) is 2. The summed E-state index contributed by atoms with van der Waals surface area (Å²) >= 11 is 3.50. The summed E-state index contributed by atoms with van der Waals surface area (Å²) in [4.78, 5) is 16.6. The highest BCUT2D eigenvalue weighted by Crippen LogP contribution is 2.26. The summed E-state index contributed by atoms with van der Waals surface area (Å²) in [5, 5.41) is 3.88. The van der Waals surface area contributed by atoms with Gasteiger partial charge in [-0.1, -0.05) is 18.2 Å². The minimum atomic E-state index is -0.132. The molecule has 0 aliphatic heterocycles. The number of nitrogens with one attached hydrogen (secondary N) is 1. The molecule has 1 amide bonds. The Kier molecular flexibility index (Phi) is 3.71. The van der Waals surface area contributed by atoms with Gasteiger partial charge in [0, 0.05) is 21.6 Å². The molecule has 21 heavy (non-hydrogen) atoms. The summed E-state index contributed by atoms with van der Waals surface area (Å²) in [6, 6.07) is 15.1. The lowest BCUT2D eigenvalue weighted by Gasteiger charge is -2.09. The van der Waals surface area contributed by atoms with Gasteiger partial charge in [-0.05, 0) is 58.7 Å². The Bertz CT molecular complexity index is 830. The number of rotatable bonds is 2. The Morgan fingerprint density at radius 2 is 2.00 bits per heavy atom. The van der Waals surface area contributed by atoms with E-state index < -0.39 is 0 Å². The van der Waals surface area contributed by atoms with E-state index in [-0.39, 0.29) is 5.91 Å². The van der Waals surface area contributed by atoms with Gasteiger partial charge in [0.25, 0.3) is 5.91 Å². The molecule has 0 saturated heterocycles. The van der Waals surface area contributed by atoms with E-state index in [2.05, 4.69) is 26.2 Å². The van der Waals surface area contributed by atoms with Gasteiger partial charge in [0.05, 0.1) is 11.2 Å². The number of aryl methyl sites for hydroxylation is 1. The zero-order valence-electron chi connectivity index (χ0n) is 11.4. The van der Waals surface area contributed by atoms with Gasteiger partial charge in [-0.15, -0.1) is 0 Å². The predicted molar refractivity (Wildman–Crippen MR) is 88.6 cm³/mol. The fourth-order valence-electron chi connectivity index (χ4n) is 2.16. The number of carbonyl (C=O) groups is 1. The number of carbonyl (C=O) groups excluding carboxylic acids is 1. The van der Waals surface area contributed by atoms with Gasteiger partial charge < -0.3 is 5.32 Å². The first kappa shape index (κ1) is 13.8. The Morgan fingerprint density at radius 3 is 2.86 bits per heavy atom. The SMILES string of the molecule is Cc1cccc(NC(=O)c2ccc3ncccc3c2)c1Br. The van der Waals surface area contributed by atoms with Gasteiger partial charge in [0.15, 0.2) is 0 Å². The Hall–Kier alpha value is -2.20. The molecule has 3 aromatic rings. The minimum absolute atomic E-state index is 0.132. The van der Waals surface area contributed by atoms with Crippen LogP contribution >= 0.6 is 15.9 Å². The van der Waals surface area contributed by atoms with Gasteiger partial charge >= 0.3 is 0 Å². The van der Waals surface area contributed by atoms with Gasteiger partial charge in [-0.2, -0.15) is 0 Å². The molecule has 0 aliphatic rings. The summed E-state index contributed by atoms with van der Waals surface area (Å²) in [5.74, 6) is -0.132. The summed E-state index contributed by atoms with van der Waals surface area (Å²) in [5.41, 5.74) is 3.34. The van der Waals surface area contributed by atoms with E-state index in [1.807, 2.05) is 49.4 Å². The van der Waals surface area contributed by atoms with E-state index in [1.54, 1.807) is 12.3 Å². The van der Waals surface area contributed by atoms with Gasteiger partial charge in [0.2, 0.25) is 0 Å². The Labute approximate surface area is 131 Å². The fourth-order valence-corrected chi connectivity index (χ4v) is 2.52. The van der Waals surface area contributed by atoms with Crippen molar-refractivity contribution in [2.45, 2.75) is 6.92 Å². The first-order chi connectivity index (χ1) is 10.1. The molecule has 0 saturated carbocycles. The van der Waals surface area contributed by atoms with Crippen LogP contribution in [-0.4, -0.2) is 10.9 Å². The first-order valence-corrected chi connectivity index (χ1v) is 7.36. The van der Waals surface area contributed by atoms with Crippen LogP contribution in [0.3, 0.4) is 0 Å². The Balaban J connectivity index is 1.91. The smallest absolute Gasteiger partial charge is 0.255 e. The van der Waals surface area contributed by atoms with Crippen LogP contribution in [0.5, 0.6) is 0 Å². The van der Waals surface area contributed by atoms with E-state index in [1.165, 1.54) is 0 Å². The van der Waals surface area contributed by atoms with Crippen LogP contribution in [-0.2, 0) is 0 Å². The summed E-state index contributed by atoms with van der Waals surface area (Å²) in [6.45, 7) is 1.99. The molecule has 4 heteroatoms. The van der Waals surface area contributed by atoms with Crippen LogP contribution in [0.1, 0.15) is 15.9 Å². The zero-order valence-corrected chi connectivity index (χ0v) is 13.0. The average molecular weight is 341 g/mol. The molecular weight excluding hydrogens is 328 g/mol. The van der Waals surface area contributed by atoms with E-state index in [4.69, 9.17) is 0 Å². The highest BCUT2D eigenvalue weighted by molar-refractivity contribution is 9.10. The molecule has 1 N–H and O–H groups in total. The zero-order chi connectivity index (χ0) is 14.8. The molecular formula is C17H13BrN2O. The number of anilines is 1. The van der Waals surface area contributed by atoms with E-state index >= 15 is 0 Å². The van der Waals surface area contributed by atoms with Gasteiger partial charge in [0.1, 0.15) is 0 Å². The van der Waals surface area contributed by atoms with E-state index in [9.17, 15) is 4.79 Å². The average Bonchev–Trinajstić information content (AvgIpc) is 2.51. The summed E-state index contributed by atoms with van der Waals surface area (Å²) in [6.07, 6.45) is 1.74. The molecule has 0 atom stereocenters. The van der Waals surface area contributed by atoms with Crippen molar-refractivity contribution in [3.8, 4) is 0 Å². The van der Waals surface area contributed by atoms with Crippen LogP contribution in [0.4, 0.5) is 5.69 Å². The number of hydrogen-bond donors (Lipinski definition) is 1. The molecule has 1 heterocycles. The number of halogens is 1. The van der Waals surface area contributed by atoms with Crippen molar-refractivity contribution in [2.75, 3.05) is 5.32 Å². The first-order valence-electron chi connectivity index (χ1n) is 6.56. The molecule has 3 nitrogen and oxygen atoms in total. The van der Waals surface area contributed by atoms with E-state index in [0.29, 0.717) is 5.56 Å². The fraction of sp³-hybridized carbons (Fsp3) is 0.0588. The predicted octanol–water partition coefficient (Wildman–Crippen LogP) is 4.56. The molecule has 0 aliphatic carbocycles. The summed E-state index contributed by atoms with van der Waals surface area (Å²) in [7, 11) is 0. The van der Waals surface area contributed by atoms with Crippen LogP contribution in [0.25, 0.3) is 10.9 Å². The monoisotopic (exact) mass is 340 g/mol. The van der Waals surface area contributed by atoms with Crippen LogP contribution < -0.4 is 5.32 Å². The Morgan fingerprint density at radius 1 is 1.14 bits per heavy atom. The maximum absolute atomic E-state index is 12.4. The third-order valence-electron chi connectivity index (χ3n) is 3.31. The second kappa shape index (κ2) is 5.66. The largest absolute Gasteiger partial charge is 0.321 e. The van der Waals surface area contributed by atoms with Crippen molar-refractivity contribution in [3.63, 3.8) is 0 Å². The number of pyridine rings is 1. The normalized spacial score (nSPS) is 10.6. The number of fused-ring (bicyclic) bond motifs is 1. The summed E-state index contributed by atoms with van der Waals surface area (Å²) < 4.78 is 0.904. The van der Waals surface area contributed by atoms with Crippen molar-refractivity contribution < 1.29 is 4.79 Å². The topological polar surface area (TPSA) is 42.0 Å². The van der Waals surface area contributed by atoms with E-state index in [0.717, 1.165) is 26.6 Å². The maximum atomic E-state index is 12.4. The quantitative estimate of drug-likeness (QED) is 0.743. The third-order valence-corrected chi connectivity index (χ3v) is 4.36. The molecule has 0 radical (unpaired) electrons. The lowest BCUT2D eigenvalue weighted by molar-refractivity contribution is 0.102. The number of amides is 1. The van der Waals surface area contributed by atoms with Gasteiger partial charge in [-0.25, -0.2) is 0 Å². The molecule has 0 spiro atoms. The molecule has 0 fully saturated rings. The standard InChI is InChI=1S/C17H13BrN2O/c1-11-4-2-6-15(16(11)18)20-17(21)13-7-8-14-12(10-13)5-3-9-19-14/h2-10H,1H3,(H,20,21). The molecule has 0 bridgehead atoms.